The van der Waals surface area contributed by atoms with Gasteiger partial charge in [0.2, 0.25) is 0 Å². The molecule has 1 aliphatic carbocycles. The summed E-state index contributed by atoms with van der Waals surface area (Å²) in [7, 11) is 0. The van der Waals surface area contributed by atoms with Gasteiger partial charge in [-0.1, -0.05) is 32.1 Å². The Kier molecular flexibility index (Phi) is 8.12. The Bertz CT molecular complexity index is 103. The molecule has 0 aliphatic heterocycles. The summed E-state index contributed by atoms with van der Waals surface area (Å²) in [6, 6.07) is 0. The van der Waals surface area contributed by atoms with E-state index in [0.717, 1.165) is 0 Å². The molecule has 1 saturated carbocycles. The van der Waals surface area contributed by atoms with Crippen LogP contribution in [-0.2, 0) is 4.79 Å². The predicted octanol–water partition coefficient (Wildman–Crippen LogP) is 1.76. The van der Waals surface area contributed by atoms with Crippen LogP contribution >= 0.6 is 0 Å². The van der Waals surface area contributed by atoms with E-state index in [-0.39, 0.29) is 6.42 Å². The highest BCUT2D eigenvalue weighted by atomic mass is 16.4. The number of carboxylic acid groups (broad SMARTS) is 1. The topological polar surface area (TPSA) is 63.3 Å². The van der Waals surface area contributed by atoms with Gasteiger partial charge in [0.25, 0.3) is 0 Å². The van der Waals surface area contributed by atoms with Crippen molar-refractivity contribution in [3.05, 3.63) is 0 Å². The molecule has 0 bridgehead atoms. The number of nitrogens with two attached hydrogens (primary N) is 1. The van der Waals surface area contributed by atoms with Gasteiger partial charge in [-0.05, 0) is 13.0 Å². The van der Waals surface area contributed by atoms with Crippen molar-refractivity contribution >= 4 is 5.97 Å². The van der Waals surface area contributed by atoms with Crippen molar-refractivity contribution in [1.82, 2.24) is 0 Å². The minimum absolute atomic E-state index is 0.191. The Labute approximate surface area is 74.0 Å². The fourth-order valence-corrected chi connectivity index (χ4v) is 1.14. The first kappa shape index (κ1) is 11.4. The van der Waals surface area contributed by atoms with E-state index >= 15 is 0 Å². The summed E-state index contributed by atoms with van der Waals surface area (Å²) in [5.74, 6) is -0.773. The van der Waals surface area contributed by atoms with Gasteiger partial charge in [0.15, 0.2) is 0 Å². The van der Waals surface area contributed by atoms with Crippen LogP contribution in [-0.4, -0.2) is 17.6 Å². The minimum atomic E-state index is -0.773. The summed E-state index contributed by atoms with van der Waals surface area (Å²) >= 11 is 0. The second-order valence-electron chi connectivity index (χ2n) is 3.05. The van der Waals surface area contributed by atoms with Crippen LogP contribution in [0, 0.1) is 0 Å². The van der Waals surface area contributed by atoms with Gasteiger partial charge < -0.3 is 10.8 Å². The largest absolute Gasteiger partial charge is 0.481 e. The standard InChI is InChI=1S/C5H10.C4H9NO2/c1-2-4-5-3-1;5-3-1-2-4(6)7/h1-5H2;1-3,5H2,(H,6,7). The number of hydrogen-bond acceptors (Lipinski definition) is 2. The van der Waals surface area contributed by atoms with Crippen molar-refractivity contribution in [2.45, 2.75) is 44.9 Å². The molecule has 0 spiro atoms. The Morgan fingerprint density at radius 1 is 1.17 bits per heavy atom. The van der Waals surface area contributed by atoms with Gasteiger partial charge in [0.1, 0.15) is 0 Å². The summed E-state index contributed by atoms with van der Waals surface area (Å²) < 4.78 is 0. The molecular formula is C9H19NO2. The second kappa shape index (κ2) is 8.53. The lowest BCUT2D eigenvalue weighted by molar-refractivity contribution is -0.137. The molecule has 72 valence electrons. The maximum atomic E-state index is 9.70. The minimum Gasteiger partial charge on any atom is -0.481 e. The highest BCUT2D eigenvalue weighted by Gasteiger charge is 1.95. The van der Waals surface area contributed by atoms with Crippen molar-refractivity contribution in [1.29, 1.82) is 0 Å². The average molecular weight is 173 g/mol. The van der Waals surface area contributed by atoms with E-state index in [1.54, 1.807) is 0 Å². The number of hydrogen-bond donors (Lipinski definition) is 2. The zero-order valence-electron chi connectivity index (χ0n) is 7.59. The molecular weight excluding hydrogens is 154 g/mol. The molecule has 0 aromatic heterocycles. The molecule has 1 fully saturated rings. The normalized spacial score (nSPS) is 15.1. The molecule has 0 atom stereocenters. The summed E-state index contributed by atoms with van der Waals surface area (Å²) in [4.78, 5) is 9.70. The van der Waals surface area contributed by atoms with Gasteiger partial charge in [-0.2, -0.15) is 0 Å². The zero-order valence-corrected chi connectivity index (χ0v) is 7.59. The highest BCUT2D eigenvalue weighted by Crippen LogP contribution is 2.15. The van der Waals surface area contributed by atoms with Crippen molar-refractivity contribution in [3.63, 3.8) is 0 Å². The lowest BCUT2D eigenvalue weighted by Gasteiger charge is -1.86. The first-order valence-corrected chi connectivity index (χ1v) is 4.69. The second-order valence-corrected chi connectivity index (χ2v) is 3.05. The van der Waals surface area contributed by atoms with Gasteiger partial charge >= 0.3 is 5.97 Å². The van der Waals surface area contributed by atoms with Gasteiger partial charge in [-0.15, -0.1) is 0 Å². The van der Waals surface area contributed by atoms with E-state index in [2.05, 4.69) is 0 Å². The van der Waals surface area contributed by atoms with Crippen LogP contribution in [0.15, 0.2) is 0 Å². The van der Waals surface area contributed by atoms with Crippen molar-refractivity contribution in [3.8, 4) is 0 Å². The first-order chi connectivity index (χ1) is 5.77. The third-order valence-corrected chi connectivity index (χ3v) is 1.84. The van der Waals surface area contributed by atoms with Crippen LogP contribution in [0.2, 0.25) is 0 Å². The third-order valence-electron chi connectivity index (χ3n) is 1.84. The van der Waals surface area contributed by atoms with Crippen LogP contribution in [0.1, 0.15) is 44.9 Å². The first-order valence-electron chi connectivity index (χ1n) is 4.69. The Morgan fingerprint density at radius 2 is 1.58 bits per heavy atom. The van der Waals surface area contributed by atoms with Crippen molar-refractivity contribution in [2.24, 2.45) is 5.73 Å². The van der Waals surface area contributed by atoms with Crippen molar-refractivity contribution in [2.75, 3.05) is 6.54 Å². The van der Waals surface area contributed by atoms with Gasteiger partial charge in [-0.25, -0.2) is 0 Å². The van der Waals surface area contributed by atoms with Gasteiger partial charge in [0, 0.05) is 6.42 Å². The molecule has 3 N–H and O–H groups in total. The number of carbonyl (C=O) groups is 1. The Morgan fingerprint density at radius 3 is 1.75 bits per heavy atom. The molecule has 12 heavy (non-hydrogen) atoms. The molecule has 0 aromatic rings. The predicted molar refractivity (Wildman–Crippen MR) is 49.0 cm³/mol. The summed E-state index contributed by atoms with van der Waals surface area (Å²) in [5.41, 5.74) is 5.01. The van der Waals surface area contributed by atoms with Crippen LogP contribution < -0.4 is 5.73 Å². The van der Waals surface area contributed by atoms with Crippen LogP contribution in [0.4, 0.5) is 0 Å². The van der Waals surface area contributed by atoms with E-state index in [0.29, 0.717) is 13.0 Å². The summed E-state index contributed by atoms with van der Waals surface area (Å²) in [5, 5.41) is 7.99. The monoisotopic (exact) mass is 173 g/mol. The molecule has 0 saturated heterocycles. The van der Waals surface area contributed by atoms with Crippen LogP contribution in [0.25, 0.3) is 0 Å². The Hall–Kier alpha value is -0.570. The fourth-order valence-electron chi connectivity index (χ4n) is 1.14. The SMILES string of the molecule is C1CCCC1.NCCCC(=O)O. The molecule has 3 heteroatoms. The van der Waals surface area contributed by atoms with Crippen LogP contribution in [0.3, 0.4) is 0 Å². The number of rotatable bonds is 3. The molecule has 0 unspecified atom stereocenters. The molecule has 0 amide bonds. The highest BCUT2D eigenvalue weighted by molar-refractivity contribution is 5.66. The lowest BCUT2D eigenvalue weighted by Crippen LogP contribution is -2.02. The third kappa shape index (κ3) is 9.43. The van der Waals surface area contributed by atoms with E-state index < -0.39 is 5.97 Å². The number of aliphatic carboxylic acids is 1. The van der Waals surface area contributed by atoms with Crippen molar-refractivity contribution < 1.29 is 9.90 Å². The van der Waals surface area contributed by atoms with E-state index in [9.17, 15) is 4.79 Å². The fraction of sp³-hybridized carbons (Fsp3) is 0.889. The maximum Gasteiger partial charge on any atom is 0.303 e. The molecule has 0 heterocycles. The van der Waals surface area contributed by atoms with Crippen LogP contribution in [0.5, 0.6) is 0 Å². The smallest absolute Gasteiger partial charge is 0.303 e. The molecule has 3 nitrogen and oxygen atoms in total. The lowest BCUT2D eigenvalue weighted by atomic mass is 10.3. The van der Waals surface area contributed by atoms with E-state index in [1.165, 1.54) is 32.1 Å². The van der Waals surface area contributed by atoms with Gasteiger partial charge in [0.05, 0.1) is 0 Å². The summed E-state index contributed by atoms with van der Waals surface area (Å²) in [6.45, 7) is 0.465. The molecule has 0 aromatic carbocycles. The number of carboxylic acids is 1. The summed E-state index contributed by atoms with van der Waals surface area (Å²) in [6.07, 6.45) is 8.27. The molecule has 1 rings (SSSR count). The Balaban J connectivity index is 0.000000211. The molecule has 1 aliphatic rings. The zero-order chi connectivity index (χ0) is 9.23. The van der Waals surface area contributed by atoms with Gasteiger partial charge in [-0.3, -0.25) is 4.79 Å². The maximum absolute atomic E-state index is 9.70. The average Bonchev–Trinajstić information content (AvgIpc) is 2.57. The molecule has 0 radical (unpaired) electrons. The quantitative estimate of drug-likeness (QED) is 0.683. The van der Waals surface area contributed by atoms with E-state index in [4.69, 9.17) is 10.8 Å². The van der Waals surface area contributed by atoms with E-state index in [1.807, 2.05) is 0 Å².